The summed E-state index contributed by atoms with van der Waals surface area (Å²) in [6.07, 6.45) is 0. The molecule has 0 aliphatic heterocycles. The summed E-state index contributed by atoms with van der Waals surface area (Å²) in [4.78, 5) is 12.8. The first-order valence-corrected chi connectivity index (χ1v) is 15.7. The number of nitrogens with zero attached hydrogens (tertiary/aromatic N) is 1. The number of rotatable bonds is 11. The monoisotopic (exact) mass is 616 g/mol. The molecule has 4 rings (SSSR count). The molecule has 0 saturated heterocycles. The van der Waals surface area contributed by atoms with Crippen molar-refractivity contribution in [1.82, 2.24) is 5.32 Å². The molecule has 0 spiro atoms. The van der Waals surface area contributed by atoms with Gasteiger partial charge in [0.15, 0.2) is 0 Å². The smallest absolute Gasteiger partial charge is 0.264 e. The van der Waals surface area contributed by atoms with Gasteiger partial charge in [-0.2, -0.15) is 11.8 Å². The van der Waals surface area contributed by atoms with Gasteiger partial charge < -0.3 is 5.32 Å². The molecule has 0 aliphatic rings. The number of aryl methyl sites for hydroxylation is 1. The lowest BCUT2D eigenvalue weighted by atomic mass is 10.1. The number of sulfonamides is 1. The maximum Gasteiger partial charge on any atom is 0.264 e. The lowest BCUT2D eigenvalue weighted by Crippen LogP contribution is -2.31. The lowest BCUT2D eigenvalue weighted by Gasteiger charge is -2.26. The second-order valence-corrected chi connectivity index (χ2v) is 12.8. The summed E-state index contributed by atoms with van der Waals surface area (Å²) in [5.41, 5.74) is 2.84. The molecule has 0 heterocycles. The molecular formula is C30H27Cl2FN2O3S2. The van der Waals surface area contributed by atoms with E-state index in [1.165, 1.54) is 22.1 Å². The number of nitrogens with one attached hydrogen (secondary N) is 1. The number of hydrogen-bond acceptors (Lipinski definition) is 4. The third kappa shape index (κ3) is 7.37. The first-order chi connectivity index (χ1) is 19.2. The zero-order valence-corrected chi connectivity index (χ0v) is 24.8. The highest BCUT2D eigenvalue weighted by Crippen LogP contribution is 2.31. The van der Waals surface area contributed by atoms with Crippen LogP contribution in [0.1, 0.15) is 27.0 Å². The van der Waals surface area contributed by atoms with Crippen LogP contribution >= 0.6 is 35.0 Å². The van der Waals surface area contributed by atoms with Gasteiger partial charge in [-0.05, 0) is 66.6 Å². The van der Waals surface area contributed by atoms with E-state index in [0.29, 0.717) is 50.5 Å². The highest BCUT2D eigenvalue weighted by atomic mass is 35.5. The molecule has 1 N–H and O–H groups in total. The summed E-state index contributed by atoms with van der Waals surface area (Å²) in [7, 11) is -3.90. The molecule has 0 atom stereocenters. The van der Waals surface area contributed by atoms with E-state index in [0.717, 1.165) is 5.56 Å². The first kappa shape index (κ1) is 29.9. The average Bonchev–Trinajstić information content (AvgIpc) is 2.95. The molecule has 5 nitrogen and oxygen atoms in total. The fourth-order valence-electron chi connectivity index (χ4n) is 3.98. The molecule has 1 amide bonds. The summed E-state index contributed by atoms with van der Waals surface area (Å²) in [5.74, 6) is 0.393. The number of amides is 1. The van der Waals surface area contributed by atoms with Crippen molar-refractivity contribution in [3.63, 3.8) is 0 Å². The average molecular weight is 618 g/mol. The van der Waals surface area contributed by atoms with Crippen LogP contribution in [-0.4, -0.2) is 26.6 Å². The molecule has 0 fully saturated rings. The first-order valence-electron chi connectivity index (χ1n) is 12.4. The maximum atomic E-state index is 13.9. The number of benzene rings is 4. The highest BCUT2D eigenvalue weighted by Gasteiger charge is 2.26. The normalized spacial score (nSPS) is 11.3. The van der Waals surface area contributed by atoms with Crippen molar-refractivity contribution < 1.29 is 17.6 Å². The zero-order chi connectivity index (χ0) is 28.7. The Labute approximate surface area is 248 Å². The molecule has 4 aromatic carbocycles. The van der Waals surface area contributed by atoms with Gasteiger partial charge in [0.2, 0.25) is 0 Å². The van der Waals surface area contributed by atoms with Gasteiger partial charge in [-0.3, -0.25) is 9.10 Å². The standard InChI is InChI=1S/C30H27Cl2FN2O3S2/c1-21-10-15-24(31)18-29(21)35(40(37,38)25-6-3-2-4-7-25)19-22-11-13-23(14-12-22)30(36)34-16-17-39-20-26-27(32)8-5-9-28(26)33/h2-15,18H,16-17,19-20H2,1H3,(H,34,36). The van der Waals surface area contributed by atoms with Gasteiger partial charge in [0, 0.05) is 39.2 Å². The minimum Gasteiger partial charge on any atom is -0.351 e. The van der Waals surface area contributed by atoms with Crippen LogP contribution in [0.3, 0.4) is 0 Å². The van der Waals surface area contributed by atoms with E-state index < -0.39 is 10.0 Å². The molecule has 40 heavy (non-hydrogen) atoms. The predicted octanol–water partition coefficient (Wildman–Crippen LogP) is 7.50. The fourth-order valence-corrected chi connectivity index (χ4v) is 6.88. The van der Waals surface area contributed by atoms with Crippen LogP contribution in [0.4, 0.5) is 10.1 Å². The molecule has 0 bridgehead atoms. The van der Waals surface area contributed by atoms with Crippen molar-refractivity contribution in [3.8, 4) is 0 Å². The fraction of sp³-hybridized carbons (Fsp3) is 0.167. The molecular weight excluding hydrogens is 590 g/mol. The van der Waals surface area contributed by atoms with Crippen LogP contribution in [0.15, 0.2) is 95.9 Å². The zero-order valence-electron chi connectivity index (χ0n) is 21.6. The summed E-state index contributed by atoms with van der Waals surface area (Å²) < 4.78 is 42.6. The van der Waals surface area contributed by atoms with Crippen molar-refractivity contribution >= 4 is 56.6 Å². The summed E-state index contributed by atoms with van der Waals surface area (Å²) in [5, 5.41) is 3.67. The molecule has 0 unspecified atom stereocenters. The van der Waals surface area contributed by atoms with Crippen LogP contribution < -0.4 is 9.62 Å². The van der Waals surface area contributed by atoms with Gasteiger partial charge >= 0.3 is 0 Å². The Hall–Kier alpha value is -3.04. The van der Waals surface area contributed by atoms with Gasteiger partial charge in [-0.15, -0.1) is 0 Å². The van der Waals surface area contributed by atoms with E-state index in [1.807, 2.05) is 6.92 Å². The Kier molecular flexibility index (Phi) is 10.1. The Morgan fingerprint density at radius 1 is 0.950 bits per heavy atom. The Balaban J connectivity index is 1.42. The second-order valence-electron chi connectivity index (χ2n) is 8.96. The van der Waals surface area contributed by atoms with E-state index in [9.17, 15) is 17.6 Å². The number of carbonyl (C=O) groups excluding carboxylic acids is 1. The minimum atomic E-state index is -3.90. The van der Waals surface area contributed by atoms with E-state index in [2.05, 4.69) is 5.32 Å². The summed E-state index contributed by atoms with van der Waals surface area (Å²) >= 11 is 13.8. The van der Waals surface area contributed by atoms with Crippen molar-refractivity contribution in [1.29, 1.82) is 0 Å². The van der Waals surface area contributed by atoms with E-state index in [4.69, 9.17) is 23.2 Å². The number of thioether (sulfide) groups is 1. The number of anilines is 1. The largest absolute Gasteiger partial charge is 0.351 e. The molecule has 0 saturated carbocycles. The third-order valence-electron chi connectivity index (χ3n) is 6.15. The van der Waals surface area contributed by atoms with Crippen molar-refractivity contribution in [3.05, 3.63) is 129 Å². The van der Waals surface area contributed by atoms with Crippen LogP contribution in [0.2, 0.25) is 10.0 Å². The van der Waals surface area contributed by atoms with Crippen molar-refractivity contribution in [2.24, 2.45) is 0 Å². The Morgan fingerprint density at radius 3 is 2.38 bits per heavy atom. The van der Waals surface area contributed by atoms with E-state index in [-0.39, 0.29) is 23.2 Å². The van der Waals surface area contributed by atoms with Gasteiger partial charge in [0.1, 0.15) is 5.82 Å². The van der Waals surface area contributed by atoms with E-state index >= 15 is 0 Å². The number of carbonyl (C=O) groups is 1. The van der Waals surface area contributed by atoms with Crippen molar-refractivity contribution in [2.75, 3.05) is 16.6 Å². The van der Waals surface area contributed by atoms with Crippen LogP contribution in [0.25, 0.3) is 0 Å². The Bertz CT molecular complexity index is 1560. The Morgan fingerprint density at radius 2 is 1.68 bits per heavy atom. The predicted molar refractivity (Wildman–Crippen MR) is 162 cm³/mol. The van der Waals surface area contributed by atoms with Crippen LogP contribution in [-0.2, 0) is 22.3 Å². The topological polar surface area (TPSA) is 66.5 Å². The number of hydrogen-bond donors (Lipinski definition) is 1. The molecule has 208 valence electrons. The minimum absolute atomic E-state index is 0.0511. The second kappa shape index (κ2) is 13.5. The van der Waals surface area contributed by atoms with Gasteiger partial charge in [-0.1, -0.05) is 65.7 Å². The van der Waals surface area contributed by atoms with Crippen LogP contribution in [0.5, 0.6) is 0 Å². The third-order valence-corrected chi connectivity index (χ3v) is 9.50. The van der Waals surface area contributed by atoms with Gasteiger partial charge in [0.05, 0.1) is 17.1 Å². The quantitative estimate of drug-likeness (QED) is 0.177. The van der Waals surface area contributed by atoms with E-state index in [1.54, 1.807) is 84.9 Å². The summed E-state index contributed by atoms with van der Waals surface area (Å²) in [6, 6.07) is 24.7. The highest BCUT2D eigenvalue weighted by molar-refractivity contribution is 7.98. The van der Waals surface area contributed by atoms with Gasteiger partial charge in [-0.25, -0.2) is 12.8 Å². The molecule has 10 heteroatoms. The molecule has 0 radical (unpaired) electrons. The van der Waals surface area contributed by atoms with Crippen LogP contribution in [0, 0.1) is 12.7 Å². The lowest BCUT2D eigenvalue weighted by molar-refractivity contribution is 0.0956. The van der Waals surface area contributed by atoms with Gasteiger partial charge in [0.25, 0.3) is 15.9 Å². The molecule has 0 aliphatic carbocycles. The summed E-state index contributed by atoms with van der Waals surface area (Å²) in [6.45, 7) is 2.28. The SMILES string of the molecule is Cc1ccc(Cl)cc1N(Cc1ccc(C(=O)NCCSCc2c(F)cccc2Cl)cc1)S(=O)(=O)c1ccccc1. The van der Waals surface area contributed by atoms with Crippen molar-refractivity contribution in [2.45, 2.75) is 24.1 Å². The molecule has 4 aromatic rings. The molecule has 0 aromatic heterocycles. The number of halogens is 3. The maximum absolute atomic E-state index is 13.9.